The molecular weight excluding hydrogens is 260 g/mol. The Labute approximate surface area is 107 Å². The SMILES string of the molecule is Clc1cc2c(s1)CCC2NCc1cscn1. The fourth-order valence-electron chi connectivity index (χ4n) is 2.09. The van der Waals surface area contributed by atoms with Gasteiger partial charge in [-0.05, 0) is 24.5 Å². The number of hydrogen-bond donors (Lipinski definition) is 1. The van der Waals surface area contributed by atoms with E-state index in [0.717, 1.165) is 23.0 Å². The molecule has 1 unspecified atom stereocenters. The Bertz CT molecular complexity index is 478. The lowest BCUT2D eigenvalue weighted by Gasteiger charge is -2.11. The molecule has 84 valence electrons. The largest absolute Gasteiger partial charge is 0.304 e. The highest BCUT2D eigenvalue weighted by Gasteiger charge is 2.24. The van der Waals surface area contributed by atoms with Crippen molar-refractivity contribution < 1.29 is 0 Å². The standard InChI is InChI=1S/C11H11ClN2S2/c12-11-3-8-9(1-2-10(8)16-11)13-4-7-5-15-6-14-7/h3,5-6,9,13H,1-2,4H2. The van der Waals surface area contributed by atoms with Crippen LogP contribution in [0.1, 0.15) is 28.6 Å². The molecule has 1 N–H and O–H groups in total. The highest BCUT2D eigenvalue weighted by molar-refractivity contribution is 7.16. The first kappa shape index (κ1) is 10.7. The fraction of sp³-hybridized carbons (Fsp3) is 0.364. The summed E-state index contributed by atoms with van der Waals surface area (Å²) in [6.07, 6.45) is 2.34. The number of nitrogens with one attached hydrogen (secondary N) is 1. The molecule has 5 heteroatoms. The van der Waals surface area contributed by atoms with Crippen molar-refractivity contribution in [2.75, 3.05) is 0 Å². The average Bonchev–Trinajstić information content (AvgIpc) is 2.91. The zero-order valence-electron chi connectivity index (χ0n) is 8.57. The van der Waals surface area contributed by atoms with Crippen molar-refractivity contribution in [2.45, 2.75) is 25.4 Å². The molecule has 0 amide bonds. The minimum absolute atomic E-state index is 0.459. The number of halogens is 1. The molecule has 0 bridgehead atoms. The third-order valence-corrected chi connectivity index (χ3v) is 4.84. The molecule has 0 aliphatic heterocycles. The van der Waals surface area contributed by atoms with Gasteiger partial charge in [-0.2, -0.15) is 0 Å². The molecule has 16 heavy (non-hydrogen) atoms. The van der Waals surface area contributed by atoms with Crippen LogP contribution < -0.4 is 5.32 Å². The van der Waals surface area contributed by atoms with Crippen LogP contribution in [0.15, 0.2) is 17.0 Å². The number of hydrogen-bond acceptors (Lipinski definition) is 4. The zero-order chi connectivity index (χ0) is 11.0. The number of nitrogens with zero attached hydrogens (tertiary/aromatic N) is 1. The van der Waals surface area contributed by atoms with E-state index in [2.05, 4.69) is 21.7 Å². The summed E-state index contributed by atoms with van der Waals surface area (Å²) < 4.78 is 0.908. The molecule has 0 radical (unpaired) electrons. The second kappa shape index (κ2) is 4.45. The van der Waals surface area contributed by atoms with Gasteiger partial charge in [0.2, 0.25) is 0 Å². The lowest BCUT2D eigenvalue weighted by molar-refractivity contribution is 0.526. The highest BCUT2D eigenvalue weighted by atomic mass is 35.5. The first-order chi connectivity index (χ1) is 7.83. The van der Waals surface area contributed by atoms with Crippen LogP contribution in [0.2, 0.25) is 4.34 Å². The quantitative estimate of drug-likeness (QED) is 0.921. The molecule has 2 aromatic rings. The number of fused-ring (bicyclic) bond motifs is 1. The summed E-state index contributed by atoms with van der Waals surface area (Å²) in [5, 5.41) is 5.63. The average molecular weight is 271 g/mol. The van der Waals surface area contributed by atoms with Crippen molar-refractivity contribution in [3.05, 3.63) is 37.4 Å². The van der Waals surface area contributed by atoms with Crippen LogP contribution in [0.4, 0.5) is 0 Å². The van der Waals surface area contributed by atoms with Crippen LogP contribution >= 0.6 is 34.3 Å². The molecule has 0 saturated heterocycles. The molecule has 2 aromatic heterocycles. The Kier molecular flexibility index (Phi) is 2.98. The Hall–Kier alpha value is -0.420. The maximum Gasteiger partial charge on any atom is 0.0934 e. The summed E-state index contributed by atoms with van der Waals surface area (Å²) in [5.41, 5.74) is 4.39. The van der Waals surface area contributed by atoms with Gasteiger partial charge in [-0.3, -0.25) is 0 Å². The highest BCUT2D eigenvalue weighted by Crippen LogP contribution is 2.39. The maximum absolute atomic E-state index is 6.02. The number of aromatic nitrogens is 1. The van der Waals surface area contributed by atoms with Crippen molar-refractivity contribution in [3.63, 3.8) is 0 Å². The van der Waals surface area contributed by atoms with E-state index in [-0.39, 0.29) is 0 Å². The summed E-state index contributed by atoms with van der Waals surface area (Å²) in [4.78, 5) is 5.72. The van der Waals surface area contributed by atoms with Crippen LogP contribution in [0.3, 0.4) is 0 Å². The Morgan fingerprint density at radius 1 is 1.56 bits per heavy atom. The van der Waals surface area contributed by atoms with Gasteiger partial charge in [0.25, 0.3) is 0 Å². The number of rotatable bonds is 3. The van der Waals surface area contributed by atoms with E-state index in [0.29, 0.717) is 6.04 Å². The van der Waals surface area contributed by atoms with Gasteiger partial charge in [-0.25, -0.2) is 4.98 Å². The van der Waals surface area contributed by atoms with E-state index in [1.54, 1.807) is 22.7 Å². The summed E-state index contributed by atoms with van der Waals surface area (Å²) in [6.45, 7) is 0.848. The Morgan fingerprint density at radius 2 is 2.50 bits per heavy atom. The number of aryl methyl sites for hydroxylation is 1. The lowest BCUT2D eigenvalue weighted by atomic mass is 10.2. The summed E-state index contributed by atoms with van der Waals surface area (Å²) in [6, 6.07) is 2.56. The molecule has 2 heterocycles. The van der Waals surface area contributed by atoms with Gasteiger partial charge in [-0.15, -0.1) is 22.7 Å². The van der Waals surface area contributed by atoms with Crippen molar-refractivity contribution in [1.82, 2.24) is 10.3 Å². The first-order valence-corrected chi connectivity index (χ1v) is 7.35. The van der Waals surface area contributed by atoms with Gasteiger partial charge in [0.1, 0.15) is 0 Å². The molecular formula is C11H11ClN2S2. The van der Waals surface area contributed by atoms with E-state index in [4.69, 9.17) is 11.6 Å². The predicted octanol–water partition coefficient (Wildman–Crippen LogP) is 3.64. The van der Waals surface area contributed by atoms with Crippen molar-refractivity contribution in [2.24, 2.45) is 0 Å². The van der Waals surface area contributed by atoms with Crippen molar-refractivity contribution >= 4 is 34.3 Å². The van der Waals surface area contributed by atoms with Gasteiger partial charge in [0, 0.05) is 22.8 Å². The van der Waals surface area contributed by atoms with Gasteiger partial charge in [0.05, 0.1) is 15.5 Å². The molecule has 0 saturated carbocycles. The number of thiazole rings is 1. The minimum atomic E-state index is 0.459. The van der Waals surface area contributed by atoms with Crippen molar-refractivity contribution in [1.29, 1.82) is 0 Å². The molecule has 2 nitrogen and oxygen atoms in total. The van der Waals surface area contributed by atoms with Crippen molar-refractivity contribution in [3.8, 4) is 0 Å². The molecule has 0 fully saturated rings. The molecule has 1 atom stereocenters. The van der Waals surface area contributed by atoms with Gasteiger partial charge >= 0.3 is 0 Å². The zero-order valence-corrected chi connectivity index (χ0v) is 11.0. The Morgan fingerprint density at radius 3 is 3.31 bits per heavy atom. The van der Waals surface area contributed by atoms with Gasteiger partial charge in [-0.1, -0.05) is 11.6 Å². The maximum atomic E-state index is 6.02. The fourth-order valence-corrected chi connectivity index (χ4v) is 4.01. The summed E-state index contributed by atoms with van der Waals surface area (Å²) in [7, 11) is 0. The van der Waals surface area contributed by atoms with E-state index in [1.807, 2.05) is 5.51 Å². The molecule has 0 spiro atoms. The number of thiophene rings is 1. The molecule has 3 rings (SSSR count). The normalized spacial score (nSPS) is 18.9. The van der Waals surface area contributed by atoms with E-state index in [9.17, 15) is 0 Å². The lowest BCUT2D eigenvalue weighted by Crippen LogP contribution is -2.18. The second-order valence-corrected chi connectivity index (χ2v) is 6.37. The molecule has 1 aliphatic rings. The van der Waals surface area contributed by atoms with Gasteiger partial charge < -0.3 is 5.32 Å². The molecule has 1 aliphatic carbocycles. The third kappa shape index (κ3) is 2.02. The van der Waals surface area contributed by atoms with Crippen LogP contribution in [-0.2, 0) is 13.0 Å². The molecule has 0 aromatic carbocycles. The summed E-state index contributed by atoms with van der Waals surface area (Å²) in [5.74, 6) is 0. The van der Waals surface area contributed by atoms with E-state index >= 15 is 0 Å². The van der Waals surface area contributed by atoms with Crippen LogP contribution in [0.25, 0.3) is 0 Å². The topological polar surface area (TPSA) is 24.9 Å². The monoisotopic (exact) mass is 270 g/mol. The van der Waals surface area contributed by atoms with E-state index in [1.165, 1.54) is 16.9 Å². The predicted molar refractivity (Wildman–Crippen MR) is 69.3 cm³/mol. The summed E-state index contributed by atoms with van der Waals surface area (Å²) >= 11 is 9.38. The Balaban J connectivity index is 1.69. The van der Waals surface area contributed by atoms with Crippen LogP contribution in [-0.4, -0.2) is 4.98 Å². The minimum Gasteiger partial charge on any atom is -0.304 e. The second-order valence-electron chi connectivity index (χ2n) is 3.88. The smallest absolute Gasteiger partial charge is 0.0934 e. The van der Waals surface area contributed by atoms with Gasteiger partial charge in [0.15, 0.2) is 0 Å². The third-order valence-electron chi connectivity index (χ3n) is 2.86. The van der Waals surface area contributed by atoms with Crippen LogP contribution in [0, 0.1) is 0 Å². The van der Waals surface area contributed by atoms with Crippen LogP contribution in [0.5, 0.6) is 0 Å². The van der Waals surface area contributed by atoms with E-state index < -0.39 is 0 Å². The first-order valence-electron chi connectivity index (χ1n) is 5.21.